The number of rotatable bonds is 4. The molecule has 2 N–H and O–H groups in total. The fraction of sp³-hybridized carbons (Fsp3) is 0.0667. The van der Waals surface area contributed by atoms with Gasteiger partial charge in [-0.15, -0.1) is 11.6 Å². The second-order valence-corrected chi connectivity index (χ2v) is 4.21. The van der Waals surface area contributed by atoms with Crippen LogP contribution in [0.1, 0.15) is 11.1 Å². The molecule has 4 heteroatoms. The SMILES string of the molecule is NC(CCl)=Nc1cccc(C=Cc2ccncc2)c1. The predicted molar refractivity (Wildman–Crippen MR) is 81.6 cm³/mol. The minimum Gasteiger partial charge on any atom is -0.386 e. The Morgan fingerprint density at radius 1 is 1.16 bits per heavy atom. The molecule has 19 heavy (non-hydrogen) atoms. The number of nitrogens with two attached hydrogens (primary N) is 1. The van der Waals surface area contributed by atoms with Crippen LogP contribution < -0.4 is 5.73 Å². The summed E-state index contributed by atoms with van der Waals surface area (Å²) in [4.78, 5) is 8.19. The lowest BCUT2D eigenvalue weighted by molar-refractivity contribution is 1.32. The number of hydrogen-bond donors (Lipinski definition) is 1. The molecule has 0 aliphatic heterocycles. The Bertz CT molecular complexity index is 591. The zero-order valence-corrected chi connectivity index (χ0v) is 11.1. The van der Waals surface area contributed by atoms with Crippen molar-refractivity contribution >= 4 is 35.3 Å². The molecule has 0 spiro atoms. The van der Waals surface area contributed by atoms with Gasteiger partial charge in [0.15, 0.2) is 0 Å². The van der Waals surface area contributed by atoms with Gasteiger partial charge >= 0.3 is 0 Å². The largest absolute Gasteiger partial charge is 0.386 e. The maximum atomic E-state index is 5.61. The highest BCUT2D eigenvalue weighted by Crippen LogP contribution is 2.16. The molecule has 0 bridgehead atoms. The number of aliphatic imine (C=N–C) groups is 1. The molecular weight excluding hydrogens is 258 g/mol. The van der Waals surface area contributed by atoms with Crippen LogP contribution >= 0.6 is 11.6 Å². The molecule has 3 nitrogen and oxygen atoms in total. The smallest absolute Gasteiger partial charge is 0.115 e. The summed E-state index contributed by atoms with van der Waals surface area (Å²) in [6.45, 7) is 0. The lowest BCUT2D eigenvalue weighted by Crippen LogP contribution is -2.12. The first-order valence-electron chi connectivity index (χ1n) is 5.85. The maximum absolute atomic E-state index is 5.61. The van der Waals surface area contributed by atoms with Crippen LogP contribution in [0.3, 0.4) is 0 Å². The van der Waals surface area contributed by atoms with E-state index in [0.717, 1.165) is 16.8 Å². The number of pyridine rings is 1. The van der Waals surface area contributed by atoms with Crippen molar-refractivity contribution in [2.24, 2.45) is 10.7 Å². The Kier molecular flexibility index (Phi) is 4.70. The first-order chi connectivity index (χ1) is 9.28. The second kappa shape index (κ2) is 6.71. The van der Waals surface area contributed by atoms with E-state index >= 15 is 0 Å². The summed E-state index contributed by atoms with van der Waals surface area (Å²) in [7, 11) is 0. The summed E-state index contributed by atoms with van der Waals surface area (Å²) in [5, 5.41) is 0. The van der Waals surface area contributed by atoms with Gasteiger partial charge in [0.25, 0.3) is 0 Å². The standard InChI is InChI=1S/C15H14ClN3/c16-11-15(17)19-14-3-1-2-13(10-14)5-4-12-6-8-18-9-7-12/h1-10H,11H2,(H2,17,19). The zero-order chi connectivity index (χ0) is 13.5. The number of aromatic nitrogens is 1. The number of benzene rings is 1. The van der Waals surface area contributed by atoms with Gasteiger partial charge in [-0.25, -0.2) is 4.99 Å². The van der Waals surface area contributed by atoms with Gasteiger partial charge in [0.2, 0.25) is 0 Å². The van der Waals surface area contributed by atoms with Crippen molar-refractivity contribution in [1.82, 2.24) is 4.98 Å². The Labute approximate surface area is 117 Å². The third-order valence-electron chi connectivity index (χ3n) is 2.45. The fourth-order valence-corrected chi connectivity index (χ4v) is 1.62. The number of nitrogens with zero attached hydrogens (tertiary/aromatic N) is 2. The van der Waals surface area contributed by atoms with Gasteiger partial charge in [-0.3, -0.25) is 4.98 Å². The number of halogens is 1. The van der Waals surface area contributed by atoms with E-state index in [4.69, 9.17) is 17.3 Å². The van der Waals surface area contributed by atoms with Crippen molar-refractivity contribution < 1.29 is 0 Å². The summed E-state index contributed by atoms with van der Waals surface area (Å²) in [5.74, 6) is 0.647. The van der Waals surface area contributed by atoms with E-state index in [0.29, 0.717) is 5.84 Å². The predicted octanol–water partition coefficient (Wildman–Crippen LogP) is 3.48. The molecule has 1 aromatic heterocycles. The zero-order valence-electron chi connectivity index (χ0n) is 10.3. The lowest BCUT2D eigenvalue weighted by atomic mass is 10.1. The first kappa shape index (κ1) is 13.3. The Morgan fingerprint density at radius 3 is 2.63 bits per heavy atom. The summed E-state index contributed by atoms with van der Waals surface area (Å²) < 4.78 is 0. The third kappa shape index (κ3) is 4.23. The van der Waals surface area contributed by atoms with E-state index in [9.17, 15) is 0 Å². The molecule has 2 rings (SSSR count). The molecule has 0 aliphatic carbocycles. The number of alkyl halides is 1. The van der Waals surface area contributed by atoms with E-state index in [1.165, 1.54) is 0 Å². The van der Waals surface area contributed by atoms with Gasteiger partial charge in [-0.1, -0.05) is 24.3 Å². The van der Waals surface area contributed by atoms with Gasteiger partial charge < -0.3 is 5.73 Å². The molecule has 96 valence electrons. The molecule has 0 fully saturated rings. The summed E-state index contributed by atoms with van der Waals surface area (Å²) in [6.07, 6.45) is 7.57. The highest BCUT2D eigenvalue weighted by Gasteiger charge is 1.94. The van der Waals surface area contributed by atoms with Gasteiger partial charge in [0.05, 0.1) is 11.6 Å². The Hall–Kier alpha value is -2.13. The molecule has 0 atom stereocenters. The number of hydrogen-bond acceptors (Lipinski definition) is 2. The van der Waals surface area contributed by atoms with Crippen LogP contribution in [-0.2, 0) is 0 Å². The summed E-state index contributed by atoms with van der Waals surface area (Å²) in [5.41, 5.74) is 8.57. The van der Waals surface area contributed by atoms with Gasteiger partial charge in [-0.2, -0.15) is 0 Å². The van der Waals surface area contributed by atoms with Crippen LogP contribution in [0.5, 0.6) is 0 Å². The van der Waals surface area contributed by atoms with Crippen LogP contribution in [-0.4, -0.2) is 16.7 Å². The highest BCUT2D eigenvalue weighted by molar-refractivity contribution is 6.28. The molecule has 0 amide bonds. The molecule has 0 aliphatic rings. The minimum absolute atomic E-state index is 0.233. The van der Waals surface area contributed by atoms with E-state index < -0.39 is 0 Å². The molecular formula is C15H14ClN3. The van der Waals surface area contributed by atoms with Crippen LogP contribution in [0.4, 0.5) is 5.69 Å². The quantitative estimate of drug-likeness (QED) is 0.526. The molecule has 2 aromatic rings. The van der Waals surface area contributed by atoms with Crippen LogP contribution in [0.25, 0.3) is 12.2 Å². The second-order valence-electron chi connectivity index (χ2n) is 3.95. The average Bonchev–Trinajstić information content (AvgIpc) is 2.46. The monoisotopic (exact) mass is 271 g/mol. The van der Waals surface area contributed by atoms with Crippen LogP contribution in [0.15, 0.2) is 53.8 Å². The molecule has 0 saturated carbocycles. The van der Waals surface area contributed by atoms with E-state index in [-0.39, 0.29) is 5.88 Å². The van der Waals surface area contributed by atoms with Crippen molar-refractivity contribution in [2.75, 3.05) is 5.88 Å². The Morgan fingerprint density at radius 2 is 1.89 bits per heavy atom. The molecule has 1 heterocycles. The van der Waals surface area contributed by atoms with Crippen molar-refractivity contribution in [3.05, 3.63) is 59.9 Å². The molecule has 0 saturated heterocycles. The van der Waals surface area contributed by atoms with E-state index in [1.54, 1.807) is 12.4 Å². The van der Waals surface area contributed by atoms with E-state index in [2.05, 4.69) is 9.98 Å². The van der Waals surface area contributed by atoms with Gasteiger partial charge in [0.1, 0.15) is 5.84 Å². The third-order valence-corrected chi connectivity index (χ3v) is 2.73. The van der Waals surface area contributed by atoms with Crippen LogP contribution in [0.2, 0.25) is 0 Å². The van der Waals surface area contributed by atoms with E-state index in [1.807, 2.05) is 48.6 Å². The topological polar surface area (TPSA) is 51.3 Å². The molecule has 1 aromatic carbocycles. The average molecular weight is 272 g/mol. The first-order valence-corrected chi connectivity index (χ1v) is 6.38. The minimum atomic E-state index is 0.233. The molecule has 0 unspecified atom stereocenters. The number of amidine groups is 1. The van der Waals surface area contributed by atoms with Gasteiger partial charge in [0, 0.05) is 12.4 Å². The maximum Gasteiger partial charge on any atom is 0.115 e. The summed E-state index contributed by atoms with van der Waals surface area (Å²) in [6, 6.07) is 11.7. The molecule has 0 radical (unpaired) electrons. The Balaban J connectivity index is 2.18. The van der Waals surface area contributed by atoms with Crippen molar-refractivity contribution in [3.63, 3.8) is 0 Å². The van der Waals surface area contributed by atoms with Gasteiger partial charge in [-0.05, 0) is 35.4 Å². The highest BCUT2D eigenvalue weighted by atomic mass is 35.5. The van der Waals surface area contributed by atoms with Crippen molar-refractivity contribution in [1.29, 1.82) is 0 Å². The van der Waals surface area contributed by atoms with Crippen molar-refractivity contribution in [3.8, 4) is 0 Å². The summed E-state index contributed by atoms with van der Waals surface area (Å²) >= 11 is 5.61. The lowest BCUT2D eigenvalue weighted by Gasteiger charge is -1.99. The van der Waals surface area contributed by atoms with Crippen LogP contribution in [0, 0.1) is 0 Å². The fourth-order valence-electron chi connectivity index (χ4n) is 1.56. The van der Waals surface area contributed by atoms with Crippen molar-refractivity contribution in [2.45, 2.75) is 0 Å². The normalized spacial score (nSPS) is 11.9.